The third kappa shape index (κ3) is 5.58. The van der Waals surface area contributed by atoms with Gasteiger partial charge in [0.2, 0.25) is 0 Å². The number of nitrogens with zero attached hydrogens (tertiary/aromatic N) is 1. The molecule has 0 heterocycles. The average molecular weight is 289 g/mol. The Morgan fingerprint density at radius 2 is 2.14 bits per heavy atom. The Hall–Kier alpha value is -1.84. The summed E-state index contributed by atoms with van der Waals surface area (Å²) in [6, 6.07) is 0.144. The molecule has 1 atom stereocenters. The van der Waals surface area contributed by atoms with E-state index in [4.69, 9.17) is 5.73 Å². The topological polar surface area (TPSA) is 67.5 Å². The molecule has 3 N–H and O–H groups in total. The minimum atomic E-state index is -0.193. The molecule has 1 amide bonds. The summed E-state index contributed by atoms with van der Waals surface area (Å²) < 4.78 is 0. The Morgan fingerprint density at radius 1 is 1.48 bits per heavy atom. The molecule has 21 heavy (non-hydrogen) atoms. The van der Waals surface area contributed by atoms with Crippen LogP contribution >= 0.6 is 0 Å². The molecule has 0 spiro atoms. The van der Waals surface area contributed by atoms with Gasteiger partial charge in [-0.1, -0.05) is 39.0 Å². The third-order valence-corrected chi connectivity index (χ3v) is 3.21. The van der Waals surface area contributed by atoms with Gasteiger partial charge in [-0.2, -0.15) is 0 Å². The molecular weight excluding hydrogens is 262 g/mol. The molecule has 1 aliphatic carbocycles. The molecule has 1 aliphatic rings. The first-order valence-corrected chi connectivity index (χ1v) is 7.39. The van der Waals surface area contributed by atoms with Crippen molar-refractivity contribution in [2.75, 3.05) is 0 Å². The molecule has 0 fully saturated rings. The Balaban J connectivity index is 2.65. The molecule has 4 heteroatoms. The van der Waals surface area contributed by atoms with Gasteiger partial charge in [-0.3, -0.25) is 9.79 Å². The Kier molecular flexibility index (Phi) is 5.94. The highest BCUT2D eigenvalue weighted by Gasteiger charge is 2.18. The minimum absolute atomic E-state index is 0.0675. The maximum absolute atomic E-state index is 11.9. The standard InChI is InChI=1S/C17H27N3O/c1-12(2)20-16(21)13(10-18)11-19-15-8-6-14(7-9-15)17(3,4)5/h6-8,10-12,15H,9,18H2,1-5H3,(H,20,21)/b13-10+,19-11?. The van der Waals surface area contributed by atoms with E-state index in [9.17, 15) is 4.79 Å². The number of hydrogen-bond acceptors (Lipinski definition) is 3. The third-order valence-electron chi connectivity index (χ3n) is 3.21. The van der Waals surface area contributed by atoms with Crippen LogP contribution < -0.4 is 11.1 Å². The van der Waals surface area contributed by atoms with Crippen molar-refractivity contribution in [3.8, 4) is 0 Å². The van der Waals surface area contributed by atoms with E-state index in [1.807, 2.05) is 13.8 Å². The van der Waals surface area contributed by atoms with Gasteiger partial charge in [0.05, 0.1) is 11.6 Å². The van der Waals surface area contributed by atoms with Crippen molar-refractivity contribution in [2.45, 2.75) is 53.1 Å². The van der Waals surface area contributed by atoms with Gasteiger partial charge in [-0.05, 0) is 31.3 Å². The van der Waals surface area contributed by atoms with Gasteiger partial charge in [0, 0.05) is 18.5 Å². The highest BCUT2D eigenvalue weighted by molar-refractivity contribution is 6.12. The smallest absolute Gasteiger partial charge is 0.254 e. The van der Waals surface area contributed by atoms with Crippen molar-refractivity contribution < 1.29 is 4.79 Å². The van der Waals surface area contributed by atoms with Gasteiger partial charge >= 0.3 is 0 Å². The predicted octanol–water partition coefficient (Wildman–Crippen LogP) is 2.73. The predicted molar refractivity (Wildman–Crippen MR) is 89.1 cm³/mol. The quantitative estimate of drug-likeness (QED) is 0.617. The fourth-order valence-electron chi connectivity index (χ4n) is 1.97. The van der Waals surface area contributed by atoms with Gasteiger partial charge in [0.25, 0.3) is 5.91 Å². The van der Waals surface area contributed by atoms with Crippen LogP contribution in [0.1, 0.15) is 41.0 Å². The van der Waals surface area contributed by atoms with Crippen molar-refractivity contribution >= 4 is 12.1 Å². The Bertz CT molecular complexity index is 491. The lowest BCUT2D eigenvalue weighted by Crippen LogP contribution is -2.32. The molecule has 0 saturated heterocycles. The summed E-state index contributed by atoms with van der Waals surface area (Å²) in [5.41, 5.74) is 7.37. The molecule has 116 valence electrons. The summed E-state index contributed by atoms with van der Waals surface area (Å²) in [7, 11) is 0. The molecule has 0 aliphatic heterocycles. The zero-order valence-electron chi connectivity index (χ0n) is 13.7. The molecule has 1 unspecified atom stereocenters. The normalized spacial score (nSPS) is 20.0. The number of nitrogens with one attached hydrogen (secondary N) is 1. The van der Waals surface area contributed by atoms with Crippen LogP contribution in [0.15, 0.2) is 40.6 Å². The number of amides is 1. The van der Waals surface area contributed by atoms with Crippen molar-refractivity contribution in [1.82, 2.24) is 5.32 Å². The fourth-order valence-corrected chi connectivity index (χ4v) is 1.97. The van der Waals surface area contributed by atoms with E-state index in [2.05, 4.69) is 49.3 Å². The molecule has 1 rings (SSSR count). The van der Waals surface area contributed by atoms with E-state index in [1.54, 1.807) is 6.21 Å². The summed E-state index contributed by atoms with van der Waals surface area (Å²) in [5.74, 6) is -0.193. The number of carbonyl (C=O) groups is 1. The molecule has 4 nitrogen and oxygen atoms in total. The monoisotopic (exact) mass is 289 g/mol. The zero-order chi connectivity index (χ0) is 16.0. The number of hydrogen-bond donors (Lipinski definition) is 2. The van der Waals surface area contributed by atoms with Gasteiger partial charge in [0.15, 0.2) is 0 Å². The summed E-state index contributed by atoms with van der Waals surface area (Å²) in [6.45, 7) is 10.4. The van der Waals surface area contributed by atoms with Crippen molar-refractivity contribution in [1.29, 1.82) is 0 Å². The van der Waals surface area contributed by atoms with E-state index < -0.39 is 0 Å². The second-order valence-electron chi connectivity index (χ2n) is 6.60. The lowest BCUT2D eigenvalue weighted by molar-refractivity contribution is -0.117. The first-order valence-electron chi connectivity index (χ1n) is 7.39. The van der Waals surface area contributed by atoms with E-state index in [-0.39, 0.29) is 23.4 Å². The van der Waals surface area contributed by atoms with Gasteiger partial charge < -0.3 is 11.1 Å². The Morgan fingerprint density at radius 3 is 2.57 bits per heavy atom. The fraction of sp³-hybridized carbons (Fsp3) is 0.529. The first kappa shape index (κ1) is 17.2. The van der Waals surface area contributed by atoms with Gasteiger partial charge in [-0.25, -0.2) is 0 Å². The molecule has 0 aromatic heterocycles. The molecule has 0 aromatic rings. The summed E-state index contributed by atoms with van der Waals surface area (Å²) in [6.07, 6.45) is 10.1. The number of allylic oxidation sites excluding steroid dienone is 2. The molecular formula is C17H27N3O. The maximum atomic E-state index is 11.9. The maximum Gasteiger partial charge on any atom is 0.254 e. The van der Waals surface area contributed by atoms with Crippen molar-refractivity contribution in [3.63, 3.8) is 0 Å². The van der Waals surface area contributed by atoms with Crippen LogP contribution in [0, 0.1) is 5.41 Å². The number of aliphatic imine (C=N–C) groups is 1. The SMILES string of the molecule is CC(C)NC(=O)/C(C=NC1C=CC(C(C)(C)C)=CC1)=C/N. The number of nitrogens with two attached hydrogens (primary N) is 1. The lowest BCUT2D eigenvalue weighted by Gasteiger charge is -2.24. The van der Waals surface area contributed by atoms with Crippen LogP contribution in [0.4, 0.5) is 0 Å². The molecule has 0 bridgehead atoms. The van der Waals surface area contributed by atoms with Crippen molar-refractivity contribution in [2.24, 2.45) is 16.1 Å². The van der Waals surface area contributed by atoms with Crippen LogP contribution in [-0.4, -0.2) is 24.2 Å². The molecule has 0 radical (unpaired) electrons. The molecule has 0 aromatic carbocycles. The molecule has 0 saturated carbocycles. The van der Waals surface area contributed by atoms with Crippen LogP contribution in [0.2, 0.25) is 0 Å². The number of rotatable bonds is 4. The summed E-state index contributed by atoms with van der Waals surface area (Å²) in [5, 5.41) is 2.80. The number of carbonyl (C=O) groups excluding carboxylic acids is 1. The van der Waals surface area contributed by atoms with E-state index in [0.29, 0.717) is 5.57 Å². The van der Waals surface area contributed by atoms with E-state index >= 15 is 0 Å². The second kappa shape index (κ2) is 7.25. The van der Waals surface area contributed by atoms with Crippen LogP contribution in [0.5, 0.6) is 0 Å². The Labute approximate surface area is 127 Å². The van der Waals surface area contributed by atoms with Crippen molar-refractivity contribution in [3.05, 3.63) is 35.6 Å². The van der Waals surface area contributed by atoms with E-state index in [1.165, 1.54) is 11.8 Å². The summed E-state index contributed by atoms with van der Waals surface area (Å²) >= 11 is 0. The second-order valence-corrected chi connectivity index (χ2v) is 6.60. The van der Waals surface area contributed by atoms with Crippen LogP contribution in [0.25, 0.3) is 0 Å². The van der Waals surface area contributed by atoms with E-state index in [0.717, 1.165) is 6.42 Å². The first-order chi connectivity index (χ1) is 9.74. The van der Waals surface area contributed by atoms with Crippen LogP contribution in [0.3, 0.4) is 0 Å². The van der Waals surface area contributed by atoms with Gasteiger partial charge in [0.1, 0.15) is 0 Å². The highest BCUT2D eigenvalue weighted by atomic mass is 16.1. The minimum Gasteiger partial charge on any atom is -0.404 e. The average Bonchev–Trinajstić information content (AvgIpc) is 2.38. The largest absolute Gasteiger partial charge is 0.404 e. The van der Waals surface area contributed by atoms with Crippen LogP contribution in [-0.2, 0) is 4.79 Å². The zero-order valence-corrected chi connectivity index (χ0v) is 13.7. The highest BCUT2D eigenvalue weighted by Crippen LogP contribution is 2.29. The van der Waals surface area contributed by atoms with Gasteiger partial charge in [-0.15, -0.1) is 0 Å². The lowest BCUT2D eigenvalue weighted by atomic mass is 9.83. The summed E-state index contributed by atoms with van der Waals surface area (Å²) in [4.78, 5) is 16.3.